The number of nitrogens with one attached hydrogen (secondary N) is 1. The van der Waals surface area contributed by atoms with Gasteiger partial charge in [0.15, 0.2) is 0 Å². The molecule has 2 aromatic heterocycles. The molecule has 0 unspecified atom stereocenters. The molecule has 2 aliphatic rings. The predicted molar refractivity (Wildman–Crippen MR) is 142 cm³/mol. The van der Waals surface area contributed by atoms with Gasteiger partial charge in [0.25, 0.3) is 5.91 Å². The van der Waals surface area contributed by atoms with Crippen LogP contribution >= 0.6 is 0 Å². The lowest BCUT2D eigenvalue weighted by atomic mass is 9.97. The van der Waals surface area contributed by atoms with E-state index in [1.54, 1.807) is 49.0 Å². The molecule has 0 saturated heterocycles. The van der Waals surface area contributed by atoms with Gasteiger partial charge in [-0.15, -0.1) is 0 Å². The van der Waals surface area contributed by atoms with Gasteiger partial charge >= 0.3 is 6.61 Å². The van der Waals surface area contributed by atoms with Crippen LogP contribution in [0.4, 0.5) is 8.78 Å². The van der Waals surface area contributed by atoms with Gasteiger partial charge in [-0.3, -0.25) is 4.79 Å². The Morgan fingerprint density at radius 1 is 1.15 bits per heavy atom. The maximum Gasteiger partial charge on any atom is 0.387 e. The number of amides is 1. The van der Waals surface area contributed by atoms with E-state index in [0.717, 1.165) is 11.2 Å². The first-order valence-corrected chi connectivity index (χ1v) is 14.2. The Bertz CT molecular complexity index is 1880. The van der Waals surface area contributed by atoms with Crippen molar-refractivity contribution in [2.45, 2.75) is 44.5 Å². The van der Waals surface area contributed by atoms with E-state index in [2.05, 4.69) is 19.7 Å². The van der Waals surface area contributed by atoms with Crippen molar-refractivity contribution >= 4 is 27.0 Å². The normalized spacial score (nSPS) is 20.1. The highest BCUT2D eigenvalue weighted by Crippen LogP contribution is 2.50. The average Bonchev–Trinajstić information content (AvgIpc) is 3.39. The van der Waals surface area contributed by atoms with Crippen LogP contribution in [0.3, 0.4) is 0 Å². The van der Waals surface area contributed by atoms with Crippen LogP contribution in [-0.2, 0) is 15.6 Å². The Labute approximate surface area is 233 Å². The molecule has 4 aromatic rings. The molecule has 4 heterocycles. The molecule has 0 radical (unpaired) electrons. The number of benzene rings is 2. The van der Waals surface area contributed by atoms with Crippen molar-refractivity contribution in [3.05, 3.63) is 71.6 Å². The number of hydrogen-bond donors (Lipinski definition) is 1. The molecular formula is C27H26F2N6O4S. The van der Waals surface area contributed by atoms with Crippen LogP contribution in [-0.4, -0.2) is 58.6 Å². The first kappa shape index (κ1) is 22.8. The third-order valence-electron chi connectivity index (χ3n) is 7.13. The number of ether oxygens (including phenoxy) is 1. The molecule has 2 atom stereocenters. The zero-order valence-electron chi connectivity index (χ0n) is 24.6. The van der Waals surface area contributed by atoms with E-state index < -0.39 is 47.1 Å². The predicted octanol–water partition coefficient (Wildman–Crippen LogP) is 4.00. The second kappa shape index (κ2) is 9.03. The van der Waals surface area contributed by atoms with Crippen molar-refractivity contribution in [2.75, 3.05) is 13.2 Å². The molecule has 10 nitrogen and oxygen atoms in total. The minimum absolute atomic E-state index is 0.0280. The number of imidazole rings is 1. The number of sulfonamides is 1. The van der Waals surface area contributed by atoms with Crippen molar-refractivity contribution < 1.29 is 30.8 Å². The number of fused-ring (bicyclic) bond motifs is 9. The third kappa shape index (κ3) is 4.29. The molecule has 2 aliphatic heterocycles. The summed E-state index contributed by atoms with van der Waals surface area (Å²) in [6.45, 7) is -2.71. The first-order valence-electron chi connectivity index (χ1n) is 13.8. The highest BCUT2D eigenvalue weighted by atomic mass is 32.2. The number of carbonyl (C=O) groups is 1. The molecule has 40 heavy (non-hydrogen) atoms. The van der Waals surface area contributed by atoms with E-state index in [9.17, 15) is 22.0 Å². The number of rotatable bonds is 6. The molecule has 1 amide bonds. The molecule has 13 heteroatoms. The maximum absolute atomic E-state index is 13.6. The second-order valence-corrected chi connectivity index (χ2v) is 12.1. The van der Waals surface area contributed by atoms with E-state index in [4.69, 9.17) is 8.85 Å². The van der Waals surface area contributed by atoms with Crippen molar-refractivity contribution in [2.24, 2.45) is 0 Å². The van der Waals surface area contributed by atoms with Crippen LogP contribution in [0.5, 0.6) is 5.75 Å². The lowest BCUT2D eigenvalue weighted by molar-refractivity contribution is -0.0507. The van der Waals surface area contributed by atoms with Crippen molar-refractivity contribution in [3.8, 4) is 16.9 Å². The van der Waals surface area contributed by atoms with Crippen molar-refractivity contribution in [1.82, 2.24) is 29.1 Å². The SMILES string of the molecule is [2H]C([2H])([2H])N1C(=O)c2cccc(OC(F)F)c2[C@H]2C[C@@H]1c1nc3ccc(-c4cnc(C(C)(C)NS(C)(=O)=O)nc4)cc3n12. The maximum atomic E-state index is 13.6. The summed E-state index contributed by atoms with van der Waals surface area (Å²) < 4.78 is 83.9. The molecule has 2 bridgehead atoms. The van der Waals surface area contributed by atoms with Gasteiger partial charge in [-0.25, -0.2) is 28.1 Å². The smallest absolute Gasteiger partial charge is 0.387 e. The Kier molecular flexibility index (Phi) is 5.15. The minimum atomic E-state index is -3.52. The highest BCUT2D eigenvalue weighted by molar-refractivity contribution is 7.88. The molecule has 0 aliphatic carbocycles. The molecule has 0 saturated carbocycles. The summed E-state index contributed by atoms with van der Waals surface area (Å²) in [5, 5.41) is 0. The van der Waals surface area contributed by atoms with Crippen LogP contribution in [0, 0.1) is 0 Å². The van der Waals surface area contributed by atoms with Crippen LogP contribution in [0.1, 0.15) is 64.0 Å². The van der Waals surface area contributed by atoms with E-state index in [1.165, 1.54) is 18.2 Å². The van der Waals surface area contributed by atoms with Gasteiger partial charge in [-0.05, 0) is 43.7 Å². The Morgan fingerprint density at radius 3 is 2.58 bits per heavy atom. The number of hydrogen-bond acceptors (Lipinski definition) is 7. The van der Waals surface area contributed by atoms with Gasteiger partial charge in [-0.2, -0.15) is 8.78 Å². The van der Waals surface area contributed by atoms with Gasteiger partial charge in [0.2, 0.25) is 10.0 Å². The second-order valence-electron chi connectivity index (χ2n) is 10.4. The summed E-state index contributed by atoms with van der Waals surface area (Å²) in [6, 6.07) is 7.78. The third-order valence-corrected chi connectivity index (χ3v) is 8.02. The fourth-order valence-electron chi connectivity index (χ4n) is 5.60. The highest BCUT2D eigenvalue weighted by Gasteiger charge is 2.45. The zero-order valence-corrected chi connectivity index (χ0v) is 22.4. The molecule has 0 spiro atoms. The van der Waals surface area contributed by atoms with Gasteiger partial charge in [-0.1, -0.05) is 12.1 Å². The molecule has 1 N–H and O–H groups in total. The fraction of sp³-hybridized carbons (Fsp3) is 0.333. The monoisotopic (exact) mass is 571 g/mol. The van der Waals surface area contributed by atoms with E-state index in [0.29, 0.717) is 28.0 Å². The number of halogens is 2. The Morgan fingerprint density at radius 2 is 1.90 bits per heavy atom. The Balaban J connectivity index is 1.49. The van der Waals surface area contributed by atoms with E-state index in [-0.39, 0.29) is 29.1 Å². The van der Waals surface area contributed by atoms with Crippen molar-refractivity contribution in [3.63, 3.8) is 0 Å². The number of alkyl halides is 2. The van der Waals surface area contributed by atoms with Crippen LogP contribution < -0.4 is 9.46 Å². The summed E-state index contributed by atoms with van der Waals surface area (Å²) in [7, 11) is -3.52. The molecule has 2 aromatic carbocycles. The number of carbonyl (C=O) groups excluding carboxylic acids is 1. The molecule has 6 rings (SSSR count). The van der Waals surface area contributed by atoms with Gasteiger partial charge in [0.1, 0.15) is 17.4 Å². The van der Waals surface area contributed by atoms with Gasteiger partial charge in [0.05, 0.1) is 34.9 Å². The summed E-state index contributed by atoms with van der Waals surface area (Å²) in [6.07, 6.45) is 4.26. The molecular weight excluding hydrogens is 542 g/mol. The largest absolute Gasteiger partial charge is 0.434 e. The first-order chi connectivity index (χ1) is 20.0. The summed E-state index contributed by atoms with van der Waals surface area (Å²) in [5.41, 5.74) is 1.46. The summed E-state index contributed by atoms with van der Waals surface area (Å²) in [4.78, 5) is 27.8. The quantitative estimate of drug-likeness (QED) is 0.372. The van der Waals surface area contributed by atoms with Gasteiger partial charge in [0, 0.05) is 46.6 Å². The average molecular weight is 572 g/mol. The van der Waals surface area contributed by atoms with E-state index >= 15 is 0 Å². The van der Waals surface area contributed by atoms with Crippen molar-refractivity contribution in [1.29, 1.82) is 0 Å². The van der Waals surface area contributed by atoms with Crippen LogP contribution in [0.2, 0.25) is 0 Å². The standard InChI is InChI=1S/C27H26F2N6O4S/c1-27(2,33-40(4,37)38)25-30-12-15(13-31-25)14-8-9-17-18(10-14)35-19-11-20(23(35)32-17)34(3)24(36)16-6-5-7-21(22(16)19)39-26(28)29/h5-10,12-13,19-20,26,33H,11H2,1-4H3/t19-,20-/m1/s1/i3D3. The summed E-state index contributed by atoms with van der Waals surface area (Å²) >= 11 is 0. The number of aromatic nitrogens is 4. The minimum Gasteiger partial charge on any atom is -0.434 e. The topological polar surface area (TPSA) is 119 Å². The van der Waals surface area contributed by atoms with Crippen LogP contribution in [0.25, 0.3) is 22.2 Å². The van der Waals surface area contributed by atoms with E-state index in [1.807, 2.05) is 0 Å². The number of nitrogens with zero attached hydrogens (tertiary/aromatic N) is 5. The molecule has 0 fully saturated rings. The van der Waals surface area contributed by atoms with Gasteiger partial charge < -0.3 is 14.2 Å². The lowest BCUT2D eigenvalue weighted by Gasteiger charge is -2.24. The molecule has 208 valence electrons. The van der Waals surface area contributed by atoms with Crippen LogP contribution in [0.15, 0.2) is 48.8 Å². The lowest BCUT2D eigenvalue weighted by Crippen LogP contribution is -2.41. The Hall–Kier alpha value is -3.97. The zero-order chi connectivity index (χ0) is 31.1. The summed E-state index contributed by atoms with van der Waals surface area (Å²) in [5.74, 6) is -0.446. The fourth-order valence-corrected chi connectivity index (χ4v) is 6.62.